The van der Waals surface area contributed by atoms with Crippen molar-refractivity contribution in [1.29, 1.82) is 0 Å². The average molecular weight is 322 g/mol. The van der Waals surface area contributed by atoms with E-state index >= 15 is 0 Å². The zero-order valence-electron chi connectivity index (χ0n) is 12.5. The van der Waals surface area contributed by atoms with Gasteiger partial charge in [0.1, 0.15) is 6.04 Å². The van der Waals surface area contributed by atoms with Gasteiger partial charge in [0.2, 0.25) is 11.8 Å². The maximum Gasteiger partial charge on any atom is 0.452 e. The van der Waals surface area contributed by atoms with Crippen LogP contribution in [0.3, 0.4) is 0 Å². The van der Waals surface area contributed by atoms with Crippen molar-refractivity contribution in [2.75, 3.05) is 0 Å². The van der Waals surface area contributed by atoms with E-state index in [9.17, 15) is 27.6 Å². The standard InChI is InChI=1S/C14H21F3N2O3/c1-3-4-5-6-7-8-10(20)19-11(9(2)13(18)22)12(21)14(15,16)17/h11H,2-8H2,1H3,(H2,18,22)(H,19,20)/t11-/m1/s1. The second-order valence-corrected chi connectivity index (χ2v) is 4.92. The summed E-state index contributed by atoms with van der Waals surface area (Å²) in [6.45, 7) is 5.08. The first-order chi connectivity index (χ1) is 10.1. The van der Waals surface area contributed by atoms with Crippen LogP contribution in [0.25, 0.3) is 0 Å². The lowest BCUT2D eigenvalue weighted by atomic mass is 10.0. The van der Waals surface area contributed by atoms with E-state index in [0.717, 1.165) is 25.7 Å². The number of carbonyl (C=O) groups excluding carboxylic acids is 3. The third-order valence-electron chi connectivity index (χ3n) is 3.02. The van der Waals surface area contributed by atoms with E-state index in [1.54, 1.807) is 0 Å². The van der Waals surface area contributed by atoms with Crippen molar-refractivity contribution in [1.82, 2.24) is 5.32 Å². The van der Waals surface area contributed by atoms with Gasteiger partial charge in [0.25, 0.3) is 5.78 Å². The Hall–Kier alpha value is -1.86. The number of primary amides is 1. The highest BCUT2D eigenvalue weighted by molar-refractivity contribution is 6.05. The number of nitrogens with one attached hydrogen (secondary N) is 1. The Morgan fingerprint density at radius 1 is 1.14 bits per heavy atom. The number of hydrogen-bond donors (Lipinski definition) is 2. The van der Waals surface area contributed by atoms with Crippen molar-refractivity contribution in [2.45, 2.75) is 57.7 Å². The number of nitrogens with two attached hydrogens (primary N) is 1. The Morgan fingerprint density at radius 2 is 1.68 bits per heavy atom. The van der Waals surface area contributed by atoms with Gasteiger partial charge in [0.15, 0.2) is 0 Å². The lowest BCUT2D eigenvalue weighted by molar-refractivity contribution is -0.172. The number of carbonyl (C=O) groups is 3. The fourth-order valence-electron chi connectivity index (χ4n) is 1.74. The Labute approximate surface area is 127 Å². The number of ketones is 1. The smallest absolute Gasteiger partial charge is 0.366 e. The summed E-state index contributed by atoms with van der Waals surface area (Å²) >= 11 is 0. The summed E-state index contributed by atoms with van der Waals surface area (Å²) < 4.78 is 37.4. The zero-order chi connectivity index (χ0) is 17.3. The molecule has 5 nitrogen and oxygen atoms in total. The molecule has 0 aliphatic heterocycles. The Kier molecular flexibility index (Phi) is 8.44. The van der Waals surface area contributed by atoms with Crippen molar-refractivity contribution in [3.05, 3.63) is 12.2 Å². The molecule has 3 N–H and O–H groups in total. The minimum atomic E-state index is -5.20. The summed E-state index contributed by atoms with van der Waals surface area (Å²) in [5.74, 6) is -4.29. The molecular formula is C14H21F3N2O3. The summed E-state index contributed by atoms with van der Waals surface area (Å²) in [4.78, 5) is 33.8. The van der Waals surface area contributed by atoms with Gasteiger partial charge in [-0.15, -0.1) is 0 Å². The number of Topliss-reactive ketones (excluding diaryl/α,β-unsaturated/α-hetero) is 1. The third-order valence-corrected chi connectivity index (χ3v) is 3.02. The number of amides is 2. The molecule has 0 spiro atoms. The molecule has 0 aromatic carbocycles. The molecule has 0 fully saturated rings. The highest BCUT2D eigenvalue weighted by atomic mass is 19.4. The average Bonchev–Trinajstić information content (AvgIpc) is 2.42. The quantitative estimate of drug-likeness (QED) is 0.476. The Morgan fingerprint density at radius 3 is 2.14 bits per heavy atom. The molecule has 0 rings (SSSR count). The monoisotopic (exact) mass is 322 g/mol. The van der Waals surface area contributed by atoms with Gasteiger partial charge in [-0.2, -0.15) is 13.2 Å². The lowest BCUT2D eigenvalue weighted by Crippen LogP contribution is -2.49. The first kappa shape index (κ1) is 20.1. The first-order valence-corrected chi connectivity index (χ1v) is 7.00. The molecule has 0 saturated heterocycles. The molecule has 0 bridgehead atoms. The fraction of sp³-hybridized carbons (Fsp3) is 0.643. The molecule has 0 saturated carbocycles. The molecule has 2 amide bonds. The number of halogens is 3. The number of alkyl halides is 3. The van der Waals surface area contributed by atoms with Crippen molar-refractivity contribution in [3.8, 4) is 0 Å². The lowest BCUT2D eigenvalue weighted by Gasteiger charge is -2.19. The number of rotatable bonds is 10. The van der Waals surface area contributed by atoms with Crippen LogP contribution in [0.4, 0.5) is 13.2 Å². The highest BCUT2D eigenvalue weighted by Gasteiger charge is 2.45. The van der Waals surface area contributed by atoms with Crippen LogP contribution >= 0.6 is 0 Å². The predicted octanol–water partition coefficient (Wildman–Crippen LogP) is 2.00. The summed E-state index contributed by atoms with van der Waals surface area (Å²) in [7, 11) is 0. The molecule has 0 radical (unpaired) electrons. The van der Waals surface area contributed by atoms with E-state index < -0.39 is 35.4 Å². The van der Waals surface area contributed by atoms with E-state index in [4.69, 9.17) is 5.73 Å². The van der Waals surface area contributed by atoms with Crippen molar-refractivity contribution >= 4 is 17.6 Å². The van der Waals surface area contributed by atoms with Crippen LogP contribution in [-0.2, 0) is 14.4 Å². The first-order valence-electron chi connectivity index (χ1n) is 7.00. The Bertz CT molecular complexity index is 434. The SMILES string of the molecule is C=C(C(N)=O)[C@@H](NC(=O)CCCCCCC)C(=O)C(F)(F)F. The van der Waals surface area contributed by atoms with E-state index in [-0.39, 0.29) is 6.42 Å². The van der Waals surface area contributed by atoms with Crippen LogP contribution in [0.2, 0.25) is 0 Å². The van der Waals surface area contributed by atoms with Crippen LogP contribution in [0.5, 0.6) is 0 Å². The Balaban J connectivity index is 4.65. The van der Waals surface area contributed by atoms with Crippen LogP contribution in [0, 0.1) is 0 Å². The van der Waals surface area contributed by atoms with Gasteiger partial charge in [0.05, 0.1) is 0 Å². The molecule has 0 aliphatic carbocycles. The van der Waals surface area contributed by atoms with E-state index in [1.165, 1.54) is 0 Å². The molecule has 8 heteroatoms. The van der Waals surface area contributed by atoms with Crippen molar-refractivity contribution in [3.63, 3.8) is 0 Å². The fourth-order valence-corrected chi connectivity index (χ4v) is 1.74. The molecular weight excluding hydrogens is 301 g/mol. The van der Waals surface area contributed by atoms with Gasteiger partial charge in [0, 0.05) is 12.0 Å². The summed E-state index contributed by atoms with van der Waals surface area (Å²) in [6.07, 6.45) is -1.03. The minimum Gasteiger partial charge on any atom is -0.366 e. The van der Waals surface area contributed by atoms with E-state index in [2.05, 4.69) is 6.58 Å². The molecule has 0 aliphatic rings. The maximum atomic E-state index is 12.5. The molecule has 0 unspecified atom stereocenters. The predicted molar refractivity (Wildman–Crippen MR) is 74.7 cm³/mol. The topological polar surface area (TPSA) is 89.3 Å². The van der Waals surface area contributed by atoms with Gasteiger partial charge >= 0.3 is 6.18 Å². The molecule has 1 atom stereocenters. The largest absolute Gasteiger partial charge is 0.452 e. The maximum absolute atomic E-state index is 12.5. The zero-order valence-corrected chi connectivity index (χ0v) is 12.5. The van der Waals surface area contributed by atoms with Crippen molar-refractivity contribution in [2.24, 2.45) is 5.73 Å². The molecule has 0 aromatic heterocycles. The van der Waals surface area contributed by atoms with Crippen LogP contribution < -0.4 is 11.1 Å². The number of hydrogen-bond acceptors (Lipinski definition) is 3. The second kappa shape index (κ2) is 9.22. The third kappa shape index (κ3) is 7.24. The van der Waals surface area contributed by atoms with E-state index in [1.807, 2.05) is 12.2 Å². The normalized spacial score (nSPS) is 12.5. The highest BCUT2D eigenvalue weighted by Crippen LogP contribution is 2.20. The summed E-state index contributed by atoms with van der Waals surface area (Å²) in [6, 6.07) is -2.17. The van der Waals surface area contributed by atoms with Crippen LogP contribution in [0.1, 0.15) is 45.4 Å². The van der Waals surface area contributed by atoms with E-state index in [0.29, 0.717) is 6.42 Å². The van der Waals surface area contributed by atoms with Gasteiger partial charge in [-0.05, 0) is 6.42 Å². The molecule has 22 heavy (non-hydrogen) atoms. The van der Waals surface area contributed by atoms with Gasteiger partial charge in [-0.1, -0.05) is 39.2 Å². The molecule has 0 aromatic rings. The summed E-state index contributed by atoms with van der Waals surface area (Å²) in [5, 5.41) is 1.89. The molecule has 126 valence electrons. The van der Waals surface area contributed by atoms with Crippen LogP contribution in [-0.4, -0.2) is 29.8 Å². The van der Waals surface area contributed by atoms with Crippen molar-refractivity contribution < 1.29 is 27.6 Å². The summed E-state index contributed by atoms with van der Waals surface area (Å²) in [5.41, 5.74) is 4.05. The van der Waals surface area contributed by atoms with Crippen LogP contribution in [0.15, 0.2) is 12.2 Å². The van der Waals surface area contributed by atoms with Gasteiger partial charge in [-0.25, -0.2) is 0 Å². The van der Waals surface area contributed by atoms with Gasteiger partial charge in [-0.3, -0.25) is 14.4 Å². The molecule has 0 heterocycles. The second-order valence-electron chi connectivity index (χ2n) is 4.92. The van der Waals surface area contributed by atoms with Gasteiger partial charge < -0.3 is 11.1 Å². The minimum absolute atomic E-state index is 0.0304. The number of unbranched alkanes of at least 4 members (excludes halogenated alkanes) is 4.